The molecule has 6 N–H and O–H groups in total. The van der Waals surface area contributed by atoms with E-state index in [0.29, 0.717) is 25.9 Å². The van der Waals surface area contributed by atoms with Crippen molar-refractivity contribution >= 4 is 5.97 Å². The maximum atomic E-state index is 12.2. The van der Waals surface area contributed by atoms with E-state index in [1.807, 2.05) is 0 Å². The number of carbonyl (C=O) groups is 1. The molecule has 0 amide bonds. The van der Waals surface area contributed by atoms with E-state index in [2.05, 4.69) is 24.1 Å². The number of nitrogens with one attached hydrogen (secondary N) is 1. The fraction of sp³-hybridized carbons (Fsp3) is 0.950. The third kappa shape index (κ3) is 9.86. The minimum Gasteiger partial charge on any atom is -0.480 e. The van der Waals surface area contributed by atoms with E-state index in [9.17, 15) is 9.90 Å². The van der Waals surface area contributed by atoms with Gasteiger partial charge in [0.2, 0.25) is 0 Å². The third-order valence-electron chi connectivity index (χ3n) is 5.17. The molecule has 0 aromatic heterocycles. The summed E-state index contributed by atoms with van der Waals surface area (Å²) in [6.45, 7) is 8.46. The highest BCUT2D eigenvalue weighted by Gasteiger charge is 2.42. The van der Waals surface area contributed by atoms with Crippen LogP contribution in [0, 0.1) is 0 Å². The number of carboxylic acids is 1. The van der Waals surface area contributed by atoms with Gasteiger partial charge in [-0.15, -0.1) is 0 Å². The fourth-order valence-electron chi connectivity index (χ4n) is 3.55. The minimum atomic E-state index is -0.931. The van der Waals surface area contributed by atoms with Crippen LogP contribution in [-0.4, -0.2) is 60.8 Å². The Bertz CT molecular complexity index is 334. The number of carboxylic acid groups (broad SMARTS) is 1. The van der Waals surface area contributed by atoms with Crippen LogP contribution in [0.3, 0.4) is 0 Å². The van der Waals surface area contributed by atoms with E-state index < -0.39 is 11.5 Å². The Morgan fingerprint density at radius 1 is 0.885 bits per heavy atom. The molecule has 0 radical (unpaired) electrons. The van der Waals surface area contributed by atoms with Crippen molar-refractivity contribution in [2.45, 2.75) is 83.6 Å². The maximum Gasteiger partial charge on any atom is 0.324 e. The molecule has 0 heterocycles. The van der Waals surface area contributed by atoms with Gasteiger partial charge in [0.25, 0.3) is 0 Å². The van der Waals surface area contributed by atoms with Gasteiger partial charge in [0.1, 0.15) is 5.54 Å². The predicted molar refractivity (Wildman–Crippen MR) is 110 cm³/mol. The van der Waals surface area contributed by atoms with E-state index in [4.69, 9.17) is 11.5 Å². The summed E-state index contributed by atoms with van der Waals surface area (Å²) in [7, 11) is 0. The van der Waals surface area contributed by atoms with Gasteiger partial charge in [0.15, 0.2) is 0 Å². The van der Waals surface area contributed by atoms with Gasteiger partial charge in [0, 0.05) is 13.1 Å². The first-order valence-corrected chi connectivity index (χ1v) is 10.7. The summed E-state index contributed by atoms with van der Waals surface area (Å²) >= 11 is 0. The van der Waals surface area contributed by atoms with Crippen molar-refractivity contribution in [1.29, 1.82) is 0 Å². The van der Waals surface area contributed by atoms with Crippen molar-refractivity contribution < 1.29 is 9.90 Å². The highest BCUT2D eigenvalue weighted by Crippen LogP contribution is 2.25. The smallest absolute Gasteiger partial charge is 0.324 e. The third-order valence-corrected chi connectivity index (χ3v) is 5.17. The molecule has 0 aromatic carbocycles. The summed E-state index contributed by atoms with van der Waals surface area (Å²) in [5.41, 5.74) is 10.6. The van der Waals surface area contributed by atoms with E-state index in [1.54, 1.807) is 0 Å². The molecule has 0 aliphatic heterocycles. The zero-order chi connectivity index (χ0) is 19.7. The van der Waals surface area contributed by atoms with E-state index in [-0.39, 0.29) is 0 Å². The Kier molecular flexibility index (Phi) is 16.0. The summed E-state index contributed by atoms with van der Waals surface area (Å²) in [6, 6.07) is 0. The van der Waals surface area contributed by atoms with Gasteiger partial charge in [-0.3, -0.25) is 9.69 Å². The average Bonchev–Trinajstić information content (AvgIpc) is 2.62. The van der Waals surface area contributed by atoms with Crippen LogP contribution in [0.1, 0.15) is 78.1 Å². The Balaban J connectivity index is 4.78. The lowest BCUT2D eigenvalue weighted by molar-refractivity contribution is -0.153. The molecule has 0 rings (SSSR count). The lowest BCUT2D eigenvalue weighted by Crippen LogP contribution is -2.58. The minimum absolute atomic E-state index is 0.363. The number of nitrogens with two attached hydrogens (primary N) is 2. The van der Waals surface area contributed by atoms with Crippen molar-refractivity contribution in [3.05, 3.63) is 0 Å². The Labute approximate surface area is 161 Å². The van der Waals surface area contributed by atoms with Crippen molar-refractivity contribution in [3.63, 3.8) is 0 Å². The molecule has 0 aliphatic carbocycles. The van der Waals surface area contributed by atoms with Gasteiger partial charge in [0.05, 0.1) is 0 Å². The number of hydrogen-bond acceptors (Lipinski definition) is 5. The molecule has 0 fully saturated rings. The summed E-state index contributed by atoms with van der Waals surface area (Å²) in [4.78, 5) is 14.3. The lowest BCUT2D eigenvalue weighted by Gasteiger charge is -2.41. The molecule has 6 heteroatoms. The van der Waals surface area contributed by atoms with E-state index in [1.165, 1.54) is 38.5 Å². The fourth-order valence-corrected chi connectivity index (χ4v) is 3.55. The number of aliphatic carboxylic acids is 1. The quantitative estimate of drug-likeness (QED) is 0.260. The number of hydrogen-bond donors (Lipinski definition) is 4. The highest BCUT2D eigenvalue weighted by atomic mass is 16.4. The van der Waals surface area contributed by atoms with Crippen LogP contribution >= 0.6 is 0 Å². The van der Waals surface area contributed by atoms with Gasteiger partial charge in [-0.1, -0.05) is 52.4 Å². The molecule has 0 atom stereocenters. The van der Waals surface area contributed by atoms with Crippen LogP contribution in [-0.2, 0) is 4.79 Å². The number of unbranched alkanes of at least 4 members (excludes halogenated alkanes) is 6. The van der Waals surface area contributed by atoms with Crippen molar-refractivity contribution in [2.75, 3.05) is 39.3 Å². The van der Waals surface area contributed by atoms with Gasteiger partial charge in [-0.25, -0.2) is 0 Å². The van der Waals surface area contributed by atoms with Gasteiger partial charge in [-0.05, 0) is 51.9 Å². The second-order valence-corrected chi connectivity index (χ2v) is 7.27. The lowest BCUT2D eigenvalue weighted by atomic mass is 9.88. The van der Waals surface area contributed by atoms with Crippen LogP contribution in [0.2, 0.25) is 0 Å². The predicted octanol–water partition coefficient (Wildman–Crippen LogP) is 2.56. The number of rotatable bonds is 19. The zero-order valence-electron chi connectivity index (χ0n) is 17.3. The maximum absolute atomic E-state index is 12.2. The number of nitrogens with zero attached hydrogens (tertiary/aromatic N) is 1. The first-order valence-electron chi connectivity index (χ1n) is 10.7. The van der Waals surface area contributed by atoms with Gasteiger partial charge in [-0.2, -0.15) is 0 Å². The molecule has 0 bridgehead atoms. The van der Waals surface area contributed by atoms with E-state index in [0.717, 1.165) is 39.0 Å². The molecule has 0 saturated carbocycles. The molecule has 26 heavy (non-hydrogen) atoms. The van der Waals surface area contributed by atoms with Crippen LogP contribution in [0.5, 0.6) is 0 Å². The molecule has 0 spiro atoms. The molecule has 156 valence electrons. The SMILES string of the molecule is CCCCCCNCCN(CCCCCC)C(CCN)(CCN)C(=O)O. The van der Waals surface area contributed by atoms with Crippen LogP contribution in [0.4, 0.5) is 0 Å². The summed E-state index contributed by atoms with van der Waals surface area (Å²) in [5, 5.41) is 13.5. The Morgan fingerprint density at radius 3 is 1.96 bits per heavy atom. The molecule has 0 aromatic rings. The largest absolute Gasteiger partial charge is 0.480 e. The van der Waals surface area contributed by atoms with Gasteiger partial charge >= 0.3 is 5.97 Å². The summed E-state index contributed by atoms with van der Waals surface area (Å²) in [6.07, 6.45) is 10.4. The molecular weight excluding hydrogens is 328 g/mol. The molecule has 0 aliphatic rings. The zero-order valence-corrected chi connectivity index (χ0v) is 17.3. The second kappa shape index (κ2) is 16.5. The summed E-state index contributed by atoms with van der Waals surface area (Å²) < 4.78 is 0. The molecule has 6 nitrogen and oxygen atoms in total. The molecule has 0 unspecified atom stereocenters. The molecular formula is C20H44N4O2. The molecule has 0 saturated heterocycles. The van der Waals surface area contributed by atoms with Gasteiger partial charge < -0.3 is 21.9 Å². The van der Waals surface area contributed by atoms with E-state index >= 15 is 0 Å². The second-order valence-electron chi connectivity index (χ2n) is 7.27. The van der Waals surface area contributed by atoms with Crippen molar-refractivity contribution in [3.8, 4) is 0 Å². The van der Waals surface area contributed by atoms with Crippen molar-refractivity contribution in [2.24, 2.45) is 11.5 Å². The topological polar surface area (TPSA) is 105 Å². The first kappa shape index (κ1) is 25.3. The monoisotopic (exact) mass is 372 g/mol. The van der Waals surface area contributed by atoms with Crippen LogP contribution in [0.25, 0.3) is 0 Å². The Hall–Kier alpha value is -0.690. The summed E-state index contributed by atoms with van der Waals surface area (Å²) in [5.74, 6) is -0.785. The first-order chi connectivity index (χ1) is 12.6. The van der Waals surface area contributed by atoms with Crippen molar-refractivity contribution in [1.82, 2.24) is 10.2 Å². The van der Waals surface area contributed by atoms with Crippen LogP contribution in [0.15, 0.2) is 0 Å². The van der Waals surface area contributed by atoms with Crippen LogP contribution < -0.4 is 16.8 Å². The standard InChI is InChI=1S/C20H44N4O2/c1-3-5-7-9-15-23-16-18-24(17-10-8-6-4-2)20(11-13-21,12-14-22)19(25)26/h23H,3-18,21-22H2,1-2H3,(H,25,26). The normalized spacial score (nSPS) is 12.0. The Morgan fingerprint density at radius 2 is 1.46 bits per heavy atom. The highest BCUT2D eigenvalue weighted by molar-refractivity contribution is 5.78. The average molecular weight is 373 g/mol.